The van der Waals surface area contributed by atoms with Crippen LogP contribution in [0.4, 0.5) is 0 Å². The molecule has 5 nitrogen and oxygen atoms in total. The third kappa shape index (κ3) is 3.85. The van der Waals surface area contributed by atoms with Crippen LogP contribution < -0.4 is 9.47 Å². The van der Waals surface area contributed by atoms with Gasteiger partial charge in [0.25, 0.3) is 0 Å². The second kappa shape index (κ2) is 8.27. The van der Waals surface area contributed by atoms with Gasteiger partial charge in [-0.3, -0.25) is 0 Å². The first-order valence-electron chi connectivity index (χ1n) is 8.46. The molecule has 136 valence electrons. The Labute approximate surface area is 158 Å². The van der Waals surface area contributed by atoms with Gasteiger partial charge in [0.1, 0.15) is 11.5 Å². The molecule has 3 rings (SSSR count). The molecule has 0 aliphatic rings. The van der Waals surface area contributed by atoms with E-state index in [0.717, 1.165) is 44.9 Å². The van der Waals surface area contributed by atoms with Crippen LogP contribution in [0.15, 0.2) is 47.6 Å². The van der Waals surface area contributed by atoms with Crippen LogP contribution >= 0.6 is 11.8 Å². The van der Waals surface area contributed by atoms with Crippen molar-refractivity contribution in [1.82, 2.24) is 14.8 Å². The predicted octanol–water partition coefficient (Wildman–Crippen LogP) is 4.28. The van der Waals surface area contributed by atoms with E-state index in [1.54, 1.807) is 18.9 Å². The van der Waals surface area contributed by atoms with Crippen LogP contribution in [-0.2, 0) is 7.05 Å². The van der Waals surface area contributed by atoms with E-state index in [-0.39, 0.29) is 0 Å². The minimum Gasteiger partial charge on any atom is -0.496 e. The van der Waals surface area contributed by atoms with Gasteiger partial charge in [0.05, 0.1) is 19.3 Å². The second-order valence-corrected chi connectivity index (χ2v) is 7.05. The fourth-order valence-electron chi connectivity index (χ4n) is 2.81. The van der Waals surface area contributed by atoms with Crippen LogP contribution in [0.25, 0.3) is 11.4 Å². The van der Waals surface area contributed by atoms with Crippen molar-refractivity contribution in [3.05, 3.63) is 53.6 Å². The fraction of sp³-hybridized carbons (Fsp3) is 0.300. The van der Waals surface area contributed by atoms with Crippen LogP contribution in [0, 0.1) is 13.8 Å². The highest BCUT2D eigenvalue weighted by atomic mass is 32.2. The van der Waals surface area contributed by atoms with E-state index in [2.05, 4.69) is 36.2 Å². The van der Waals surface area contributed by atoms with Gasteiger partial charge in [-0.25, -0.2) is 0 Å². The molecule has 0 spiro atoms. The van der Waals surface area contributed by atoms with Gasteiger partial charge in [-0.15, -0.1) is 10.2 Å². The van der Waals surface area contributed by atoms with Crippen molar-refractivity contribution in [2.24, 2.45) is 7.05 Å². The highest BCUT2D eigenvalue weighted by molar-refractivity contribution is 7.99. The van der Waals surface area contributed by atoms with Crippen molar-refractivity contribution in [2.45, 2.75) is 19.0 Å². The van der Waals surface area contributed by atoms with Gasteiger partial charge in [-0.2, -0.15) is 0 Å². The molecule has 2 aromatic carbocycles. The first-order chi connectivity index (χ1) is 12.6. The molecular formula is C20H23N3O2S. The van der Waals surface area contributed by atoms with E-state index in [1.165, 1.54) is 0 Å². The van der Waals surface area contributed by atoms with Crippen LogP contribution in [0.1, 0.15) is 11.1 Å². The number of aryl methyl sites for hydroxylation is 2. The minimum atomic E-state index is 0.618. The molecule has 0 saturated heterocycles. The molecule has 0 N–H and O–H groups in total. The highest BCUT2D eigenvalue weighted by Gasteiger charge is 2.14. The lowest BCUT2D eigenvalue weighted by Crippen LogP contribution is -2.04. The van der Waals surface area contributed by atoms with E-state index in [9.17, 15) is 0 Å². The summed E-state index contributed by atoms with van der Waals surface area (Å²) in [6, 6.07) is 14.0. The number of methoxy groups -OCH3 is 1. The number of rotatable bonds is 7. The third-order valence-electron chi connectivity index (χ3n) is 4.15. The van der Waals surface area contributed by atoms with E-state index < -0.39 is 0 Å². The minimum absolute atomic E-state index is 0.618. The Kier molecular flexibility index (Phi) is 5.83. The molecule has 0 saturated carbocycles. The maximum absolute atomic E-state index is 5.96. The summed E-state index contributed by atoms with van der Waals surface area (Å²) < 4.78 is 13.4. The standard InChI is InChI=1S/C20H23N3O2S/c1-14-8-7-9-15(2)18(14)25-12-13-26-20-22-21-19(23(20)3)16-10-5-6-11-17(16)24-4/h5-11H,12-13H2,1-4H3. The lowest BCUT2D eigenvalue weighted by Gasteiger charge is -2.11. The number of hydrogen-bond donors (Lipinski definition) is 0. The maximum atomic E-state index is 5.96. The molecule has 3 aromatic rings. The summed E-state index contributed by atoms with van der Waals surface area (Å²) in [5.41, 5.74) is 3.25. The molecule has 0 bridgehead atoms. The van der Waals surface area contributed by atoms with E-state index >= 15 is 0 Å². The Hall–Kier alpha value is -2.47. The summed E-state index contributed by atoms with van der Waals surface area (Å²) in [7, 11) is 3.63. The zero-order chi connectivity index (χ0) is 18.5. The van der Waals surface area contributed by atoms with Gasteiger partial charge >= 0.3 is 0 Å². The molecule has 0 fully saturated rings. The average Bonchev–Trinajstić information content (AvgIpc) is 3.01. The summed E-state index contributed by atoms with van der Waals surface area (Å²) in [6.45, 7) is 4.75. The quantitative estimate of drug-likeness (QED) is 0.460. The SMILES string of the molecule is COc1ccccc1-c1nnc(SCCOc2c(C)cccc2C)n1C. The van der Waals surface area contributed by atoms with Gasteiger partial charge in [-0.05, 0) is 37.1 Å². The number of hydrogen-bond acceptors (Lipinski definition) is 5. The molecule has 0 aliphatic carbocycles. The lowest BCUT2D eigenvalue weighted by atomic mass is 10.1. The molecule has 0 atom stereocenters. The van der Waals surface area contributed by atoms with E-state index in [1.807, 2.05) is 41.9 Å². The van der Waals surface area contributed by atoms with Crippen molar-refractivity contribution in [3.63, 3.8) is 0 Å². The molecule has 1 heterocycles. The number of aromatic nitrogens is 3. The Morgan fingerprint density at radius 1 is 1.00 bits per heavy atom. The molecular weight excluding hydrogens is 346 g/mol. The molecule has 0 amide bonds. The van der Waals surface area contributed by atoms with Gasteiger partial charge in [0, 0.05) is 12.8 Å². The Morgan fingerprint density at radius 3 is 2.46 bits per heavy atom. The van der Waals surface area contributed by atoms with Gasteiger partial charge in [-0.1, -0.05) is 42.1 Å². The third-order valence-corrected chi connectivity index (χ3v) is 5.14. The molecule has 0 unspecified atom stereocenters. The summed E-state index contributed by atoms with van der Waals surface area (Å²) in [4.78, 5) is 0. The lowest BCUT2D eigenvalue weighted by molar-refractivity contribution is 0.339. The van der Waals surface area contributed by atoms with E-state index in [4.69, 9.17) is 9.47 Å². The number of ether oxygens (including phenoxy) is 2. The van der Waals surface area contributed by atoms with Crippen molar-refractivity contribution < 1.29 is 9.47 Å². The Morgan fingerprint density at radius 2 is 1.73 bits per heavy atom. The summed E-state index contributed by atoms with van der Waals surface area (Å²) in [5, 5.41) is 9.50. The number of para-hydroxylation sites is 2. The number of benzene rings is 2. The monoisotopic (exact) mass is 369 g/mol. The van der Waals surface area contributed by atoms with Crippen molar-refractivity contribution >= 4 is 11.8 Å². The van der Waals surface area contributed by atoms with Crippen LogP contribution in [0.5, 0.6) is 11.5 Å². The maximum Gasteiger partial charge on any atom is 0.191 e. The number of thioether (sulfide) groups is 1. The zero-order valence-electron chi connectivity index (χ0n) is 15.5. The Bertz CT molecular complexity index is 872. The zero-order valence-corrected chi connectivity index (χ0v) is 16.3. The molecule has 26 heavy (non-hydrogen) atoms. The first kappa shape index (κ1) is 18.3. The van der Waals surface area contributed by atoms with Gasteiger partial charge in [0.15, 0.2) is 11.0 Å². The smallest absolute Gasteiger partial charge is 0.191 e. The molecule has 0 aliphatic heterocycles. The van der Waals surface area contributed by atoms with Crippen LogP contribution in [-0.4, -0.2) is 34.2 Å². The van der Waals surface area contributed by atoms with E-state index in [0.29, 0.717) is 6.61 Å². The largest absolute Gasteiger partial charge is 0.496 e. The first-order valence-corrected chi connectivity index (χ1v) is 9.45. The van der Waals surface area contributed by atoms with Gasteiger partial charge in [0.2, 0.25) is 0 Å². The van der Waals surface area contributed by atoms with Crippen molar-refractivity contribution in [2.75, 3.05) is 19.5 Å². The van der Waals surface area contributed by atoms with Crippen LogP contribution in [0.3, 0.4) is 0 Å². The average molecular weight is 369 g/mol. The number of nitrogens with zero attached hydrogens (tertiary/aromatic N) is 3. The van der Waals surface area contributed by atoms with Crippen LogP contribution in [0.2, 0.25) is 0 Å². The van der Waals surface area contributed by atoms with Crippen molar-refractivity contribution in [3.8, 4) is 22.9 Å². The molecule has 0 radical (unpaired) electrons. The topological polar surface area (TPSA) is 49.2 Å². The second-order valence-electron chi connectivity index (χ2n) is 5.98. The summed E-state index contributed by atoms with van der Waals surface area (Å²) in [6.07, 6.45) is 0. The Balaban J connectivity index is 1.64. The normalized spacial score (nSPS) is 10.8. The predicted molar refractivity (Wildman–Crippen MR) is 105 cm³/mol. The highest BCUT2D eigenvalue weighted by Crippen LogP contribution is 2.30. The van der Waals surface area contributed by atoms with Gasteiger partial charge < -0.3 is 14.0 Å². The summed E-state index contributed by atoms with van der Waals surface area (Å²) in [5.74, 6) is 3.35. The molecule has 1 aromatic heterocycles. The summed E-state index contributed by atoms with van der Waals surface area (Å²) >= 11 is 1.63. The molecule has 6 heteroatoms. The van der Waals surface area contributed by atoms with Crippen molar-refractivity contribution in [1.29, 1.82) is 0 Å². The fourth-order valence-corrected chi connectivity index (χ4v) is 3.54.